The number of halogens is 1. The Bertz CT molecular complexity index is 1020. The third-order valence-corrected chi connectivity index (χ3v) is 4.05. The molecule has 7 heteroatoms. The van der Waals surface area contributed by atoms with Crippen LogP contribution in [0, 0.1) is 12.7 Å². The summed E-state index contributed by atoms with van der Waals surface area (Å²) in [5.74, 6) is 0.0108. The Morgan fingerprint density at radius 2 is 1.96 bits per heavy atom. The molecule has 1 N–H and O–H groups in total. The summed E-state index contributed by atoms with van der Waals surface area (Å²) in [5, 5.41) is 2.70. The zero-order valence-corrected chi connectivity index (χ0v) is 15.4. The number of hydrogen-bond donors (Lipinski definition) is 1. The molecule has 1 aromatic heterocycles. The Labute approximate surface area is 161 Å². The summed E-state index contributed by atoms with van der Waals surface area (Å²) in [6, 6.07) is 14.6. The Hall–Kier alpha value is -3.48. The normalized spacial score (nSPS) is 10.5. The lowest BCUT2D eigenvalue weighted by Crippen LogP contribution is -2.33. The van der Waals surface area contributed by atoms with Crippen molar-refractivity contribution in [1.82, 2.24) is 14.9 Å². The molecule has 0 aliphatic rings. The van der Waals surface area contributed by atoms with Gasteiger partial charge in [-0.1, -0.05) is 12.1 Å². The molecule has 0 spiro atoms. The fourth-order valence-corrected chi connectivity index (χ4v) is 2.59. The second-order valence-electron chi connectivity index (χ2n) is 6.27. The average Bonchev–Trinajstić information content (AvgIpc) is 2.68. The number of amides is 1. The van der Waals surface area contributed by atoms with E-state index in [1.54, 1.807) is 18.2 Å². The van der Waals surface area contributed by atoms with Crippen molar-refractivity contribution in [3.63, 3.8) is 0 Å². The van der Waals surface area contributed by atoms with Gasteiger partial charge in [0.2, 0.25) is 0 Å². The topological polar surface area (TPSA) is 73.2 Å². The molecule has 0 aliphatic heterocycles. The Kier molecular flexibility index (Phi) is 6.16. The molecule has 144 valence electrons. The van der Waals surface area contributed by atoms with Gasteiger partial charge in [-0.2, -0.15) is 0 Å². The van der Waals surface area contributed by atoms with E-state index >= 15 is 0 Å². The van der Waals surface area contributed by atoms with Gasteiger partial charge in [0, 0.05) is 24.7 Å². The first-order chi connectivity index (χ1) is 13.5. The van der Waals surface area contributed by atoms with Crippen LogP contribution < -0.4 is 15.6 Å². The molecule has 1 amide bonds. The maximum atomic E-state index is 13.0. The highest BCUT2D eigenvalue weighted by Crippen LogP contribution is 2.15. The largest absolute Gasteiger partial charge is 0.484 e. The Balaban J connectivity index is 1.49. The molecular formula is C21H20FN3O3. The van der Waals surface area contributed by atoms with Crippen LogP contribution in [-0.2, 0) is 11.3 Å². The maximum Gasteiger partial charge on any atom is 0.258 e. The van der Waals surface area contributed by atoms with Gasteiger partial charge in [0.15, 0.2) is 6.61 Å². The molecule has 6 nitrogen and oxygen atoms in total. The summed E-state index contributed by atoms with van der Waals surface area (Å²) in [6.07, 6.45) is 1.41. The number of hydrogen-bond acceptors (Lipinski definition) is 4. The van der Waals surface area contributed by atoms with E-state index in [2.05, 4.69) is 10.3 Å². The van der Waals surface area contributed by atoms with Crippen LogP contribution in [0.15, 0.2) is 65.7 Å². The van der Waals surface area contributed by atoms with Gasteiger partial charge in [0.1, 0.15) is 11.6 Å². The molecule has 0 fully saturated rings. The van der Waals surface area contributed by atoms with E-state index in [4.69, 9.17) is 4.74 Å². The minimum atomic E-state index is -0.348. The fourth-order valence-electron chi connectivity index (χ4n) is 2.59. The van der Waals surface area contributed by atoms with Crippen LogP contribution in [0.3, 0.4) is 0 Å². The predicted molar refractivity (Wildman–Crippen MR) is 104 cm³/mol. The van der Waals surface area contributed by atoms with Crippen molar-refractivity contribution >= 4 is 5.91 Å². The van der Waals surface area contributed by atoms with E-state index in [9.17, 15) is 14.0 Å². The van der Waals surface area contributed by atoms with Crippen molar-refractivity contribution in [2.24, 2.45) is 0 Å². The van der Waals surface area contributed by atoms with Gasteiger partial charge in [-0.15, -0.1) is 0 Å². The van der Waals surface area contributed by atoms with Gasteiger partial charge in [0.25, 0.3) is 11.5 Å². The lowest BCUT2D eigenvalue weighted by atomic mass is 10.1. The summed E-state index contributed by atoms with van der Waals surface area (Å²) in [4.78, 5) is 28.3. The van der Waals surface area contributed by atoms with E-state index in [0.717, 1.165) is 5.56 Å². The molecule has 0 bridgehead atoms. The monoisotopic (exact) mass is 381 g/mol. The molecule has 0 saturated carbocycles. The number of rotatable bonds is 7. The number of benzene rings is 2. The van der Waals surface area contributed by atoms with Gasteiger partial charge >= 0.3 is 0 Å². The molecule has 0 saturated heterocycles. The number of nitrogens with zero attached hydrogens (tertiary/aromatic N) is 2. The maximum absolute atomic E-state index is 13.0. The number of carbonyl (C=O) groups is 1. The number of ether oxygens (including phenoxy) is 1. The first kappa shape index (κ1) is 19.3. The van der Waals surface area contributed by atoms with Crippen molar-refractivity contribution in [2.45, 2.75) is 13.5 Å². The quantitative estimate of drug-likeness (QED) is 0.683. The Morgan fingerprint density at radius 3 is 2.68 bits per heavy atom. The molecule has 1 heterocycles. The van der Waals surface area contributed by atoms with Crippen molar-refractivity contribution in [1.29, 1.82) is 0 Å². The van der Waals surface area contributed by atoms with Crippen molar-refractivity contribution < 1.29 is 13.9 Å². The van der Waals surface area contributed by atoms with E-state index < -0.39 is 0 Å². The number of nitrogens with one attached hydrogen (secondary N) is 1. The third-order valence-electron chi connectivity index (χ3n) is 4.05. The van der Waals surface area contributed by atoms with E-state index in [1.807, 2.05) is 25.1 Å². The van der Waals surface area contributed by atoms with Gasteiger partial charge in [-0.05, 0) is 48.9 Å². The highest BCUT2D eigenvalue weighted by atomic mass is 19.1. The van der Waals surface area contributed by atoms with Crippen LogP contribution in [0.2, 0.25) is 0 Å². The lowest BCUT2D eigenvalue weighted by molar-refractivity contribution is -0.123. The van der Waals surface area contributed by atoms with E-state index in [1.165, 1.54) is 29.1 Å². The first-order valence-corrected chi connectivity index (χ1v) is 8.80. The van der Waals surface area contributed by atoms with Crippen LogP contribution in [-0.4, -0.2) is 28.6 Å². The summed E-state index contributed by atoms with van der Waals surface area (Å²) in [5.41, 5.74) is 1.93. The average molecular weight is 381 g/mol. The molecule has 0 aliphatic carbocycles. The molecule has 3 rings (SSSR count). The summed E-state index contributed by atoms with van der Waals surface area (Å²) < 4.78 is 19.8. The standard InChI is InChI=1S/C21H20FN3O3/c1-15-3-2-4-18(11-15)28-13-20(26)23-9-10-25-14-24-19(12-21(25)27)16-5-7-17(22)8-6-16/h2-8,11-12,14H,9-10,13H2,1H3,(H,23,26). The zero-order valence-electron chi connectivity index (χ0n) is 15.4. The minimum Gasteiger partial charge on any atom is -0.484 e. The van der Waals surface area contributed by atoms with E-state index in [-0.39, 0.29) is 37.0 Å². The number of aromatic nitrogens is 2. The van der Waals surface area contributed by atoms with Crippen molar-refractivity contribution in [3.05, 3.63) is 82.7 Å². The van der Waals surface area contributed by atoms with Gasteiger partial charge in [-0.25, -0.2) is 9.37 Å². The van der Waals surface area contributed by atoms with Crippen LogP contribution in [0.5, 0.6) is 5.75 Å². The fraction of sp³-hybridized carbons (Fsp3) is 0.190. The SMILES string of the molecule is Cc1cccc(OCC(=O)NCCn2cnc(-c3ccc(F)cc3)cc2=O)c1. The van der Waals surface area contributed by atoms with Gasteiger partial charge in [-0.3, -0.25) is 14.2 Å². The molecule has 0 atom stereocenters. The first-order valence-electron chi connectivity index (χ1n) is 8.80. The van der Waals surface area contributed by atoms with Crippen LogP contribution in [0.1, 0.15) is 5.56 Å². The van der Waals surface area contributed by atoms with E-state index in [0.29, 0.717) is 17.0 Å². The van der Waals surface area contributed by atoms with Gasteiger partial charge in [0.05, 0.1) is 12.0 Å². The second-order valence-corrected chi connectivity index (χ2v) is 6.27. The third kappa shape index (κ3) is 5.26. The Morgan fingerprint density at radius 1 is 1.18 bits per heavy atom. The molecule has 0 radical (unpaired) electrons. The molecule has 28 heavy (non-hydrogen) atoms. The summed E-state index contributed by atoms with van der Waals surface area (Å²) in [6.45, 7) is 2.40. The molecule has 0 unspecified atom stereocenters. The smallest absolute Gasteiger partial charge is 0.258 e. The zero-order chi connectivity index (χ0) is 19.9. The predicted octanol–water partition coefficient (Wildman–Crippen LogP) is 2.55. The summed E-state index contributed by atoms with van der Waals surface area (Å²) >= 11 is 0. The van der Waals surface area contributed by atoms with Crippen LogP contribution in [0.25, 0.3) is 11.3 Å². The number of aryl methyl sites for hydroxylation is 1. The number of carbonyl (C=O) groups excluding carboxylic acids is 1. The summed E-state index contributed by atoms with van der Waals surface area (Å²) in [7, 11) is 0. The van der Waals surface area contributed by atoms with Crippen molar-refractivity contribution in [3.8, 4) is 17.0 Å². The van der Waals surface area contributed by atoms with Gasteiger partial charge < -0.3 is 10.1 Å². The lowest BCUT2D eigenvalue weighted by Gasteiger charge is -2.09. The molecular weight excluding hydrogens is 361 g/mol. The van der Waals surface area contributed by atoms with Crippen LogP contribution in [0.4, 0.5) is 4.39 Å². The van der Waals surface area contributed by atoms with Crippen molar-refractivity contribution in [2.75, 3.05) is 13.2 Å². The molecule has 3 aromatic rings. The molecule has 2 aromatic carbocycles. The highest BCUT2D eigenvalue weighted by molar-refractivity contribution is 5.77. The minimum absolute atomic E-state index is 0.0971. The second kappa shape index (κ2) is 8.94. The van der Waals surface area contributed by atoms with Crippen LogP contribution >= 0.6 is 0 Å². The highest BCUT2D eigenvalue weighted by Gasteiger charge is 2.06.